The average molecular weight is 412 g/mol. The highest BCUT2D eigenvalue weighted by molar-refractivity contribution is 7.91. The van der Waals surface area contributed by atoms with Crippen molar-refractivity contribution in [3.8, 4) is 17.2 Å². The smallest absolute Gasteiger partial charge is 0.224 e. The maximum atomic E-state index is 13.0. The highest BCUT2D eigenvalue weighted by Gasteiger charge is 2.34. The number of nitrogens with two attached hydrogens (primary N) is 1. The molecular weight excluding hydrogens is 386 g/mol. The molecule has 0 saturated heterocycles. The lowest BCUT2D eigenvalue weighted by molar-refractivity contribution is -0.127. The molecule has 2 unspecified atom stereocenters. The van der Waals surface area contributed by atoms with Crippen molar-refractivity contribution in [3.63, 3.8) is 0 Å². The summed E-state index contributed by atoms with van der Waals surface area (Å²) in [6.07, 6.45) is 3.17. The molecule has 6 nitrogen and oxygen atoms in total. The number of anilines is 1. The normalized spacial score (nSPS) is 19.3. The van der Waals surface area contributed by atoms with Crippen molar-refractivity contribution < 1.29 is 13.2 Å². The topological polar surface area (TPSA) is 113 Å². The minimum absolute atomic E-state index is 0.0553. The van der Waals surface area contributed by atoms with E-state index in [0.717, 1.165) is 24.0 Å². The molecule has 1 saturated carbocycles. The van der Waals surface area contributed by atoms with E-state index in [4.69, 9.17) is 11.0 Å². The number of carbonyl (C=O) groups is 1. The van der Waals surface area contributed by atoms with Crippen LogP contribution in [0.4, 0.5) is 5.69 Å². The Balaban J connectivity index is 1.76. The number of sulfone groups is 1. The summed E-state index contributed by atoms with van der Waals surface area (Å²) in [4.78, 5) is 12.6. The average Bonchev–Trinajstić information content (AvgIpc) is 2.72. The molecule has 1 fully saturated rings. The fourth-order valence-corrected chi connectivity index (χ4v) is 5.67. The van der Waals surface area contributed by atoms with Crippen molar-refractivity contribution in [2.75, 3.05) is 18.0 Å². The van der Waals surface area contributed by atoms with E-state index in [1.165, 1.54) is 0 Å². The number of carbonyl (C=O) groups excluding carboxylic acids is 1. The molecule has 0 aromatic heterocycles. The third kappa shape index (κ3) is 5.15. The second-order valence-corrected chi connectivity index (χ2v) is 9.49. The van der Waals surface area contributed by atoms with Gasteiger partial charge in [-0.25, -0.2) is 8.42 Å². The molecule has 0 heterocycles. The Kier molecular flexibility index (Phi) is 6.55. The largest absolute Gasteiger partial charge is 0.399 e. The van der Waals surface area contributed by atoms with E-state index in [2.05, 4.69) is 5.32 Å². The van der Waals surface area contributed by atoms with Gasteiger partial charge in [-0.05, 0) is 54.2 Å². The van der Waals surface area contributed by atoms with Gasteiger partial charge >= 0.3 is 0 Å². The zero-order chi connectivity index (χ0) is 20.9. The van der Waals surface area contributed by atoms with Gasteiger partial charge in [0.2, 0.25) is 5.91 Å². The predicted octanol–water partition coefficient (Wildman–Crippen LogP) is 3.16. The van der Waals surface area contributed by atoms with Crippen LogP contribution in [0, 0.1) is 23.2 Å². The molecule has 2 aromatic carbocycles. The molecule has 2 atom stereocenters. The number of amides is 1. The number of nitrogen functional groups attached to an aromatic ring is 1. The Morgan fingerprint density at radius 2 is 1.83 bits per heavy atom. The number of hydrogen-bond acceptors (Lipinski definition) is 5. The summed E-state index contributed by atoms with van der Waals surface area (Å²) >= 11 is 0. The maximum Gasteiger partial charge on any atom is 0.224 e. The van der Waals surface area contributed by atoms with Crippen molar-refractivity contribution in [2.45, 2.75) is 30.6 Å². The SMILES string of the molecule is N#CCNC(=O)C1CCCCC1CS(=O)(=O)c1ccc(-c2cccc(N)c2)cc1. The standard InChI is InChI=1S/C22H25N3O3S/c23-12-13-25-22(26)21-7-2-1-4-18(21)15-29(27,28)20-10-8-16(9-11-20)17-5-3-6-19(24)14-17/h3,5-6,8-11,14,18,21H,1-2,4,7,13,15,24H2,(H,25,26). The molecule has 1 aliphatic rings. The lowest BCUT2D eigenvalue weighted by Gasteiger charge is -2.30. The second-order valence-electron chi connectivity index (χ2n) is 7.46. The Morgan fingerprint density at radius 1 is 1.10 bits per heavy atom. The van der Waals surface area contributed by atoms with Gasteiger partial charge in [-0.1, -0.05) is 37.1 Å². The third-order valence-electron chi connectivity index (χ3n) is 5.45. The van der Waals surface area contributed by atoms with Crippen LogP contribution >= 0.6 is 0 Å². The maximum absolute atomic E-state index is 13.0. The summed E-state index contributed by atoms with van der Waals surface area (Å²) in [5.74, 6) is -0.877. The number of benzene rings is 2. The van der Waals surface area contributed by atoms with Crippen LogP contribution in [0.25, 0.3) is 11.1 Å². The minimum Gasteiger partial charge on any atom is -0.399 e. The first kappa shape index (κ1) is 20.9. The van der Waals surface area contributed by atoms with E-state index in [1.807, 2.05) is 24.3 Å². The molecule has 1 amide bonds. The summed E-state index contributed by atoms with van der Waals surface area (Å²) < 4.78 is 26.0. The number of nitrogens with zero attached hydrogens (tertiary/aromatic N) is 1. The molecule has 2 aromatic rings. The fraction of sp³-hybridized carbons (Fsp3) is 0.364. The summed E-state index contributed by atoms with van der Waals surface area (Å²) in [5.41, 5.74) is 8.29. The van der Waals surface area contributed by atoms with Crippen LogP contribution in [0.15, 0.2) is 53.4 Å². The Morgan fingerprint density at radius 3 is 2.52 bits per heavy atom. The molecule has 0 aliphatic heterocycles. The zero-order valence-corrected chi connectivity index (χ0v) is 17.0. The van der Waals surface area contributed by atoms with Crippen LogP contribution in [-0.4, -0.2) is 26.6 Å². The summed E-state index contributed by atoms with van der Waals surface area (Å²) in [5, 5.41) is 11.2. The quantitative estimate of drug-likeness (QED) is 0.560. The van der Waals surface area contributed by atoms with Gasteiger partial charge in [0.25, 0.3) is 0 Å². The third-order valence-corrected chi connectivity index (χ3v) is 7.31. The molecule has 3 N–H and O–H groups in total. The molecule has 7 heteroatoms. The first-order valence-electron chi connectivity index (χ1n) is 9.74. The molecule has 0 radical (unpaired) electrons. The van der Waals surface area contributed by atoms with E-state index >= 15 is 0 Å². The monoisotopic (exact) mass is 411 g/mol. The Bertz CT molecular complexity index is 1010. The van der Waals surface area contributed by atoms with Crippen LogP contribution in [0.5, 0.6) is 0 Å². The van der Waals surface area contributed by atoms with E-state index < -0.39 is 9.84 Å². The van der Waals surface area contributed by atoms with Gasteiger partial charge in [-0.3, -0.25) is 4.79 Å². The van der Waals surface area contributed by atoms with Gasteiger partial charge in [-0.2, -0.15) is 5.26 Å². The number of nitriles is 1. The Hall–Kier alpha value is -2.85. The van der Waals surface area contributed by atoms with Crippen LogP contribution in [0.2, 0.25) is 0 Å². The van der Waals surface area contributed by atoms with Gasteiger partial charge in [0.15, 0.2) is 9.84 Å². The zero-order valence-electron chi connectivity index (χ0n) is 16.2. The second kappa shape index (κ2) is 9.10. The fourth-order valence-electron chi connectivity index (χ4n) is 3.96. The predicted molar refractivity (Wildman–Crippen MR) is 112 cm³/mol. The highest BCUT2D eigenvalue weighted by Crippen LogP contribution is 2.33. The summed E-state index contributed by atoms with van der Waals surface area (Å²) in [6.45, 7) is -0.0553. The van der Waals surface area contributed by atoms with Crippen molar-refractivity contribution >= 4 is 21.4 Å². The molecule has 29 heavy (non-hydrogen) atoms. The van der Waals surface area contributed by atoms with Gasteiger partial charge in [0.05, 0.1) is 16.7 Å². The molecule has 0 bridgehead atoms. The molecular formula is C22H25N3O3S. The minimum atomic E-state index is -3.52. The number of nitrogens with one attached hydrogen (secondary N) is 1. The van der Waals surface area contributed by atoms with Gasteiger partial charge in [-0.15, -0.1) is 0 Å². The van der Waals surface area contributed by atoms with Gasteiger partial charge in [0, 0.05) is 11.6 Å². The first-order valence-corrected chi connectivity index (χ1v) is 11.4. The first-order chi connectivity index (χ1) is 13.9. The van der Waals surface area contributed by atoms with Crippen LogP contribution in [-0.2, 0) is 14.6 Å². The summed E-state index contributed by atoms with van der Waals surface area (Å²) in [7, 11) is -3.52. The van der Waals surface area contributed by atoms with Crippen molar-refractivity contribution in [1.29, 1.82) is 5.26 Å². The van der Waals surface area contributed by atoms with Gasteiger partial charge < -0.3 is 11.1 Å². The van der Waals surface area contributed by atoms with E-state index in [1.54, 1.807) is 30.3 Å². The highest BCUT2D eigenvalue weighted by atomic mass is 32.2. The number of hydrogen-bond donors (Lipinski definition) is 2. The van der Waals surface area contributed by atoms with Crippen LogP contribution in [0.1, 0.15) is 25.7 Å². The molecule has 0 spiro atoms. The van der Waals surface area contributed by atoms with Crippen molar-refractivity contribution in [2.24, 2.45) is 11.8 Å². The van der Waals surface area contributed by atoms with Crippen molar-refractivity contribution in [1.82, 2.24) is 5.32 Å². The number of rotatable bonds is 6. The van der Waals surface area contributed by atoms with Crippen LogP contribution < -0.4 is 11.1 Å². The molecule has 152 valence electrons. The van der Waals surface area contributed by atoms with Gasteiger partial charge in [0.1, 0.15) is 6.54 Å². The Labute approximate surface area is 171 Å². The van der Waals surface area contributed by atoms with Crippen molar-refractivity contribution in [3.05, 3.63) is 48.5 Å². The molecule has 1 aliphatic carbocycles. The lowest BCUT2D eigenvalue weighted by atomic mass is 9.80. The summed E-state index contributed by atoms with van der Waals surface area (Å²) in [6, 6.07) is 16.1. The lowest BCUT2D eigenvalue weighted by Crippen LogP contribution is -2.39. The van der Waals surface area contributed by atoms with E-state index in [0.29, 0.717) is 18.5 Å². The van der Waals surface area contributed by atoms with E-state index in [-0.39, 0.29) is 34.9 Å². The molecule has 3 rings (SSSR count). The van der Waals surface area contributed by atoms with E-state index in [9.17, 15) is 13.2 Å². The van der Waals surface area contributed by atoms with Crippen LogP contribution in [0.3, 0.4) is 0 Å².